The number of carbonyl (C=O) groups excluding carboxylic acids is 2. The summed E-state index contributed by atoms with van der Waals surface area (Å²) in [5.41, 5.74) is 0. The number of aliphatic hydroxyl groups excluding tert-OH is 1. The van der Waals surface area contributed by atoms with E-state index in [4.69, 9.17) is 0 Å². The van der Waals surface area contributed by atoms with E-state index in [1.54, 1.807) is 6.92 Å². The van der Waals surface area contributed by atoms with Gasteiger partial charge in [0.2, 0.25) is 11.8 Å². The second-order valence-corrected chi connectivity index (χ2v) is 6.53. The van der Waals surface area contributed by atoms with Crippen molar-refractivity contribution in [3.05, 3.63) is 0 Å². The van der Waals surface area contributed by atoms with Gasteiger partial charge in [-0.05, 0) is 32.6 Å². The molecular weight excluding hydrogens is 268 g/mol. The normalized spacial score (nSPS) is 28.7. The van der Waals surface area contributed by atoms with Crippen molar-refractivity contribution in [1.29, 1.82) is 0 Å². The van der Waals surface area contributed by atoms with E-state index >= 15 is 0 Å². The van der Waals surface area contributed by atoms with Crippen LogP contribution in [0.3, 0.4) is 0 Å². The van der Waals surface area contributed by atoms with Gasteiger partial charge in [0.25, 0.3) is 0 Å². The molecule has 0 spiro atoms. The Bertz CT molecular complexity index is 367. The molecule has 0 aromatic rings. The lowest BCUT2D eigenvalue weighted by molar-refractivity contribution is -0.132. The molecule has 2 amide bonds. The van der Waals surface area contributed by atoms with E-state index in [-0.39, 0.29) is 23.8 Å². The number of carbonyl (C=O) groups is 2. The molecule has 0 heterocycles. The molecule has 21 heavy (non-hydrogen) atoms. The molecule has 0 aromatic carbocycles. The third-order valence-corrected chi connectivity index (χ3v) is 4.79. The van der Waals surface area contributed by atoms with Crippen LogP contribution in [0.25, 0.3) is 0 Å². The van der Waals surface area contributed by atoms with Gasteiger partial charge >= 0.3 is 0 Å². The molecule has 120 valence electrons. The van der Waals surface area contributed by atoms with Crippen molar-refractivity contribution in [2.45, 2.75) is 82.9 Å². The molecule has 3 N–H and O–H groups in total. The number of hydrogen-bond acceptors (Lipinski definition) is 3. The van der Waals surface area contributed by atoms with Crippen molar-refractivity contribution in [2.24, 2.45) is 5.92 Å². The summed E-state index contributed by atoms with van der Waals surface area (Å²) in [6.45, 7) is 1.71. The minimum atomic E-state index is -0.534. The van der Waals surface area contributed by atoms with Crippen molar-refractivity contribution in [3.8, 4) is 0 Å². The molecule has 0 saturated heterocycles. The Labute approximate surface area is 126 Å². The standard InChI is InChI=1S/C16H28N2O3/c1-11(17-16(21)12-7-3-2-4-8-12)15(20)18-13-9-5-6-10-14(13)19/h11-14,19H,2-10H2,1H3,(H,17,21)(H,18,20). The summed E-state index contributed by atoms with van der Waals surface area (Å²) in [6.07, 6.45) is 8.43. The molecule has 3 atom stereocenters. The Morgan fingerprint density at radius 3 is 2.29 bits per heavy atom. The van der Waals surface area contributed by atoms with E-state index < -0.39 is 12.1 Å². The Balaban J connectivity index is 1.77. The van der Waals surface area contributed by atoms with Gasteiger partial charge in [0.1, 0.15) is 6.04 Å². The Hall–Kier alpha value is -1.10. The van der Waals surface area contributed by atoms with Crippen LogP contribution < -0.4 is 10.6 Å². The maximum absolute atomic E-state index is 12.1. The van der Waals surface area contributed by atoms with Gasteiger partial charge in [-0.15, -0.1) is 0 Å². The highest BCUT2D eigenvalue weighted by Crippen LogP contribution is 2.23. The van der Waals surface area contributed by atoms with Crippen LogP contribution in [0, 0.1) is 5.92 Å². The second-order valence-electron chi connectivity index (χ2n) is 6.53. The molecule has 5 nitrogen and oxygen atoms in total. The highest BCUT2D eigenvalue weighted by atomic mass is 16.3. The number of aliphatic hydroxyl groups is 1. The van der Waals surface area contributed by atoms with E-state index in [0.29, 0.717) is 0 Å². The predicted octanol–water partition coefficient (Wildman–Crippen LogP) is 1.49. The van der Waals surface area contributed by atoms with Gasteiger partial charge in [0, 0.05) is 5.92 Å². The van der Waals surface area contributed by atoms with E-state index in [0.717, 1.165) is 51.4 Å². The van der Waals surface area contributed by atoms with Crippen LogP contribution in [0.5, 0.6) is 0 Å². The van der Waals surface area contributed by atoms with E-state index in [1.165, 1.54) is 6.42 Å². The molecule has 2 rings (SSSR count). The lowest BCUT2D eigenvalue weighted by Crippen LogP contribution is -2.53. The zero-order valence-electron chi connectivity index (χ0n) is 12.9. The van der Waals surface area contributed by atoms with Crippen LogP contribution in [-0.4, -0.2) is 35.1 Å². The molecule has 0 bridgehead atoms. The molecule has 5 heteroatoms. The van der Waals surface area contributed by atoms with Crippen molar-refractivity contribution in [3.63, 3.8) is 0 Å². The summed E-state index contributed by atoms with van der Waals surface area (Å²) < 4.78 is 0. The molecule has 2 aliphatic rings. The fourth-order valence-corrected chi connectivity index (χ4v) is 3.35. The number of nitrogens with one attached hydrogen (secondary N) is 2. The smallest absolute Gasteiger partial charge is 0.242 e. The highest BCUT2D eigenvalue weighted by molar-refractivity contribution is 5.88. The first-order valence-electron chi connectivity index (χ1n) is 8.36. The van der Waals surface area contributed by atoms with Crippen molar-refractivity contribution in [2.75, 3.05) is 0 Å². The van der Waals surface area contributed by atoms with Crippen molar-refractivity contribution in [1.82, 2.24) is 10.6 Å². The minimum Gasteiger partial charge on any atom is -0.391 e. The van der Waals surface area contributed by atoms with Crippen LogP contribution in [-0.2, 0) is 9.59 Å². The fraction of sp³-hybridized carbons (Fsp3) is 0.875. The van der Waals surface area contributed by atoms with Crippen LogP contribution in [0.4, 0.5) is 0 Å². The summed E-state index contributed by atoms with van der Waals surface area (Å²) >= 11 is 0. The zero-order chi connectivity index (χ0) is 15.2. The molecule has 0 aliphatic heterocycles. The van der Waals surface area contributed by atoms with Gasteiger partial charge in [-0.1, -0.05) is 32.1 Å². The number of hydrogen-bond donors (Lipinski definition) is 3. The Kier molecular flexibility index (Phi) is 6.03. The first-order chi connectivity index (χ1) is 10.1. The third-order valence-electron chi connectivity index (χ3n) is 4.79. The van der Waals surface area contributed by atoms with Gasteiger partial charge < -0.3 is 15.7 Å². The maximum atomic E-state index is 12.1. The highest BCUT2D eigenvalue weighted by Gasteiger charge is 2.28. The van der Waals surface area contributed by atoms with Gasteiger partial charge in [-0.25, -0.2) is 0 Å². The molecule has 2 aliphatic carbocycles. The molecular formula is C16H28N2O3. The lowest BCUT2D eigenvalue weighted by Gasteiger charge is -2.30. The quantitative estimate of drug-likeness (QED) is 0.735. The summed E-state index contributed by atoms with van der Waals surface area (Å²) in [7, 11) is 0. The first kappa shape index (κ1) is 16.3. The lowest BCUT2D eigenvalue weighted by atomic mass is 9.88. The monoisotopic (exact) mass is 296 g/mol. The second kappa shape index (κ2) is 7.78. The zero-order valence-corrected chi connectivity index (χ0v) is 12.9. The summed E-state index contributed by atoms with van der Waals surface area (Å²) in [6, 6.07) is -0.700. The average molecular weight is 296 g/mol. The summed E-state index contributed by atoms with van der Waals surface area (Å²) in [4.78, 5) is 24.3. The van der Waals surface area contributed by atoms with Crippen LogP contribution in [0.2, 0.25) is 0 Å². The van der Waals surface area contributed by atoms with Gasteiger partial charge in [-0.2, -0.15) is 0 Å². The topological polar surface area (TPSA) is 78.4 Å². The van der Waals surface area contributed by atoms with Crippen LogP contribution in [0.15, 0.2) is 0 Å². The number of amides is 2. The molecule has 2 saturated carbocycles. The van der Waals surface area contributed by atoms with E-state index in [9.17, 15) is 14.7 Å². The molecule has 0 radical (unpaired) electrons. The Morgan fingerprint density at radius 1 is 1.00 bits per heavy atom. The maximum Gasteiger partial charge on any atom is 0.242 e. The first-order valence-corrected chi connectivity index (χ1v) is 8.36. The number of rotatable bonds is 4. The molecule has 2 fully saturated rings. The largest absolute Gasteiger partial charge is 0.391 e. The van der Waals surface area contributed by atoms with E-state index in [2.05, 4.69) is 10.6 Å². The van der Waals surface area contributed by atoms with Crippen molar-refractivity contribution < 1.29 is 14.7 Å². The van der Waals surface area contributed by atoms with Crippen molar-refractivity contribution >= 4 is 11.8 Å². The minimum absolute atomic E-state index is 0.00143. The van der Waals surface area contributed by atoms with Crippen LogP contribution in [0.1, 0.15) is 64.7 Å². The molecule has 3 unspecified atom stereocenters. The SMILES string of the molecule is CC(NC(=O)C1CCCCC1)C(=O)NC1CCCCC1O. The average Bonchev–Trinajstić information content (AvgIpc) is 2.50. The summed E-state index contributed by atoms with van der Waals surface area (Å²) in [5, 5.41) is 15.6. The predicted molar refractivity (Wildman–Crippen MR) is 80.6 cm³/mol. The Morgan fingerprint density at radius 2 is 1.62 bits per heavy atom. The van der Waals surface area contributed by atoms with Crippen LogP contribution >= 0.6 is 0 Å². The van der Waals surface area contributed by atoms with Gasteiger partial charge in [-0.3, -0.25) is 9.59 Å². The fourth-order valence-electron chi connectivity index (χ4n) is 3.35. The van der Waals surface area contributed by atoms with E-state index in [1.807, 2.05) is 0 Å². The van der Waals surface area contributed by atoms with Gasteiger partial charge in [0.05, 0.1) is 12.1 Å². The summed E-state index contributed by atoms with van der Waals surface area (Å²) in [5.74, 6) is -0.124. The molecule has 0 aromatic heterocycles. The third kappa shape index (κ3) is 4.70. The van der Waals surface area contributed by atoms with Gasteiger partial charge in [0.15, 0.2) is 0 Å².